The molecule has 2 aromatic carbocycles. The number of hydrazone groups is 1. The van der Waals surface area contributed by atoms with Crippen LogP contribution in [0.1, 0.15) is 36.2 Å². The number of benzene rings is 2. The molecule has 7 nitrogen and oxygen atoms in total. The average Bonchev–Trinajstić information content (AvgIpc) is 2.63. The molecule has 1 N–H and O–H groups in total. The Bertz CT molecular complexity index is 789. The van der Waals surface area contributed by atoms with Gasteiger partial charge in [-0.05, 0) is 31.5 Å². The smallest absolute Gasteiger partial charge is 0.271 e. The molecule has 0 saturated carbocycles. The third-order valence-electron chi connectivity index (χ3n) is 3.51. The fraction of sp³-hybridized carbons (Fsp3) is 0.222. The third kappa shape index (κ3) is 5.13. The number of para-hydroxylation sites is 1. The van der Waals surface area contributed by atoms with Crippen LogP contribution in [0, 0.1) is 10.1 Å². The molecule has 0 aliphatic heterocycles. The quantitative estimate of drug-likeness (QED) is 0.473. The summed E-state index contributed by atoms with van der Waals surface area (Å²) in [5.74, 6) is 0.144. The molecule has 0 heterocycles. The van der Waals surface area contributed by atoms with Crippen molar-refractivity contribution in [3.8, 4) is 5.75 Å². The van der Waals surface area contributed by atoms with Gasteiger partial charge in [-0.3, -0.25) is 14.9 Å². The number of nitro groups is 1. The van der Waals surface area contributed by atoms with E-state index < -0.39 is 10.8 Å². The van der Waals surface area contributed by atoms with E-state index in [1.165, 1.54) is 30.5 Å². The number of hydrogen-bond acceptors (Lipinski definition) is 5. The summed E-state index contributed by atoms with van der Waals surface area (Å²) in [7, 11) is 0. The van der Waals surface area contributed by atoms with Crippen LogP contribution in [0.2, 0.25) is 0 Å². The highest BCUT2D eigenvalue weighted by molar-refractivity contribution is 5.95. The van der Waals surface area contributed by atoms with Gasteiger partial charge in [0.25, 0.3) is 11.6 Å². The minimum absolute atomic E-state index is 0.0639. The van der Waals surface area contributed by atoms with Crippen LogP contribution >= 0.6 is 0 Å². The van der Waals surface area contributed by atoms with Crippen LogP contribution in [-0.4, -0.2) is 23.1 Å². The summed E-state index contributed by atoms with van der Waals surface area (Å²) in [5, 5.41) is 14.7. The Kier molecular flexibility index (Phi) is 6.22. The lowest BCUT2D eigenvalue weighted by atomic mass is 10.2. The molecule has 0 aliphatic rings. The van der Waals surface area contributed by atoms with E-state index in [9.17, 15) is 14.9 Å². The number of nitrogens with zero attached hydrogens (tertiary/aromatic N) is 2. The van der Waals surface area contributed by atoms with Gasteiger partial charge < -0.3 is 4.74 Å². The highest BCUT2D eigenvalue weighted by Crippen LogP contribution is 2.18. The monoisotopic (exact) mass is 341 g/mol. The largest absolute Gasteiger partial charge is 0.490 e. The van der Waals surface area contributed by atoms with Crippen LogP contribution < -0.4 is 10.2 Å². The van der Waals surface area contributed by atoms with E-state index in [1.54, 1.807) is 0 Å². The average molecular weight is 341 g/mol. The van der Waals surface area contributed by atoms with E-state index in [1.807, 2.05) is 38.1 Å². The number of non-ortho nitro benzene ring substituents is 1. The van der Waals surface area contributed by atoms with Gasteiger partial charge in [0.1, 0.15) is 5.75 Å². The van der Waals surface area contributed by atoms with Gasteiger partial charge in [-0.1, -0.05) is 25.1 Å². The second-order valence-corrected chi connectivity index (χ2v) is 5.38. The summed E-state index contributed by atoms with van der Waals surface area (Å²) in [6, 6.07) is 12.8. The molecule has 2 rings (SSSR count). The minimum Gasteiger partial charge on any atom is -0.490 e. The van der Waals surface area contributed by atoms with Gasteiger partial charge in [0.05, 0.1) is 17.2 Å². The molecule has 0 fully saturated rings. The lowest BCUT2D eigenvalue weighted by Gasteiger charge is -2.14. The second-order valence-electron chi connectivity index (χ2n) is 5.38. The molecule has 0 bridgehead atoms. The molecule has 1 amide bonds. The highest BCUT2D eigenvalue weighted by Gasteiger charge is 2.11. The van der Waals surface area contributed by atoms with Crippen molar-refractivity contribution in [2.45, 2.75) is 26.4 Å². The summed E-state index contributed by atoms with van der Waals surface area (Å²) in [6.07, 6.45) is 2.41. The first-order chi connectivity index (χ1) is 12.0. The zero-order valence-electron chi connectivity index (χ0n) is 14.0. The van der Waals surface area contributed by atoms with Crippen LogP contribution in [-0.2, 0) is 0 Å². The summed E-state index contributed by atoms with van der Waals surface area (Å²) in [5.41, 5.74) is 3.10. The third-order valence-corrected chi connectivity index (χ3v) is 3.51. The predicted molar refractivity (Wildman–Crippen MR) is 95.0 cm³/mol. The summed E-state index contributed by atoms with van der Waals surface area (Å²) >= 11 is 0. The minimum atomic E-state index is -0.553. The lowest BCUT2D eigenvalue weighted by molar-refractivity contribution is -0.384. The number of carbonyl (C=O) groups excluding carboxylic acids is 1. The lowest BCUT2D eigenvalue weighted by Crippen LogP contribution is -2.18. The Labute approximate surface area is 145 Å². The highest BCUT2D eigenvalue weighted by atomic mass is 16.6. The fourth-order valence-electron chi connectivity index (χ4n) is 1.98. The van der Waals surface area contributed by atoms with E-state index >= 15 is 0 Å². The Morgan fingerprint density at radius 1 is 1.32 bits per heavy atom. The topological polar surface area (TPSA) is 93.8 Å². The summed E-state index contributed by atoms with van der Waals surface area (Å²) in [6.45, 7) is 4.00. The number of ether oxygens (including phenoxy) is 1. The van der Waals surface area contributed by atoms with E-state index in [2.05, 4.69) is 10.5 Å². The first kappa shape index (κ1) is 18.1. The van der Waals surface area contributed by atoms with Crippen molar-refractivity contribution in [3.63, 3.8) is 0 Å². The molecule has 0 spiro atoms. The molecule has 0 aromatic heterocycles. The van der Waals surface area contributed by atoms with Crippen LogP contribution in [0.5, 0.6) is 5.75 Å². The maximum absolute atomic E-state index is 12.0. The van der Waals surface area contributed by atoms with Crippen molar-refractivity contribution >= 4 is 17.8 Å². The van der Waals surface area contributed by atoms with Crippen molar-refractivity contribution in [3.05, 3.63) is 69.8 Å². The molecule has 1 atom stereocenters. The van der Waals surface area contributed by atoms with Crippen LogP contribution in [0.25, 0.3) is 0 Å². The van der Waals surface area contributed by atoms with Gasteiger partial charge in [0, 0.05) is 23.3 Å². The molecular formula is C18H19N3O4. The van der Waals surface area contributed by atoms with Crippen LogP contribution in [0.4, 0.5) is 5.69 Å². The van der Waals surface area contributed by atoms with E-state index in [0.29, 0.717) is 5.75 Å². The SMILES string of the molecule is CC[C@H](C)Oc1ccccc1/C=N\NC(=O)c1cccc([N+](=O)[O-])c1. The maximum atomic E-state index is 12.0. The van der Waals surface area contributed by atoms with Crippen LogP contribution in [0.3, 0.4) is 0 Å². The maximum Gasteiger partial charge on any atom is 0.271 e. The molecular weight excluding hydrogens is 322 g/mol. The molecule has 0 radical (unpaired) electrons. The fourth-order valence-corrected chi connectivity index (χ4v) is 1.98. The molecule has 0 aliphatic carbocycles. The van der Waals surface area contributed by atoms with Gasteiger partial charge in [0.2, 0.25) is 0 Å². The molecule has 130 valence electrons. The standard InChI is InChI=1S/C18H19N3O4/c1-3-13(2)25-17-10-5-4-7-15(17)12-19-20-18(22)14-8-6-9-16(11-14)21(23)24/h4-13H,3H2,1-2H3,(H,20,22)/b19-12-/t13-/m0/s1. The number of amides is 1. The van der Waals surface area contributed by atoms with E-state index in [4.69, 9.17) is 4.74 Å². The molecule has 0 saturated heterocycles. The number of hydrogen-bond donors (Lipinski definition) is 1. The van der Waals surface area contributed by atoms with Gasteiger partial charge in [-0.15, -0.1) is 0 Å². The number of nitro benzene ring substituents is 1. The van der Waals surface area contributed by atoms with Gasteiger partial charge >= 0.3 is 0 Å². The van der Waals surface area contributed by atoms with E-state index in [0.717, 1.165) is 12.0 Å². The van der Waals surface area contributed by atoms with Crippen molar-refractivity contribution in [2.75, 3.05) is 0 Å². The first-order valence-electron chi connectivity index (χ1n) is 7.84. The number of nitrogens with one attached hydrogen (secondary N) is 1. The van der Waals surface area contributed by atoms with Gasteiger partial charge in [0.15, 0.2) is 0 Å². The Hall–Kier alpha value is -3.22. The summed E-state index contributed by atoms with van der Waals surface area (Å²) in [4.78, 5) is 22.2. The first-order valence-corrected chi connectivity index (χ1v) is 7.84. The molecule has 7 heteroatoms. The summed E-state index contributed by atoms with van der Waals surface area (Å²) < 4.78 is 5.80. The predicted octanol–water partition coefficient (Wildman–Crippen LogP) is 3.54. The Morgan fingerprint density at radius 3 is 2.80 bits per heavy atom. The zero-order valence-corrected chi connectivity index (χ0v) is 14.0. The molecule has 2 aromatic rings. The Morgan fingerprint density at radius 2 is 2.08 bits per heavy atom. The second kappa shape index (κ2) is 8.58. The Balaban J connectivity index is 2.07. The van der Waals surface area contributed by atoms with Gasteiger partial charge in [-0.2, -0.15) is 5.10 Å². The van der Waals surface area contributed by atoms with Crippen molar-refractivity contribution in [1.82, 2.24) is 5.43 Å². The number of rotatable bonds is 7. The van der Waals surface area contributed by atoms with Gasteiger partial charge in [-0.25, -0.2) is 5.43 Å². The molecule has 25 heavy (non-hydrogen) atoms. The normalized spacial score (nSPS) is 11.9. The molecule has 0 unspecified atom stereocenters. The number of carbonyl (C=O) groups is 1. The van der Waals surface area contributed by atoms with Crippen molar-refractivity contribution < 1.29 is 14.5 Å². The van der Waals surface area contributed by atoms with Crippen LogP contribution in [0.15, 0.2) is 53.6 Å². The van der Waals surface area contributed by atoms with Crippen molar-refractivity contribution in [1.29, 1.82) is 0 Å². The van der Waals surface area contributed by atoms with Crippen molar-refractivity contribution in [2.24, 2.45) is 5.10 Å². The van der Waals surface area contributed by atoms with E-state index in [-0.39, 0.29) is 17.4 Å². The zero-order chi connectivity index (χ0) is 18.2.